The summed E-state index contributed by atoms with van der Waals surface area (Å²) in [4.78, 5) is 11.6. The van der Waals surface area contributed by atoms with Crippen LogP contribution in [-0.2, 0) is 27.7 Å². The lowest BCUT2D eigenvalue weighted by Gasteiger charge is -2.14. The van der Waals surface area contributed by atoms with Gasteiger partial charge in [-0.3, -0.25) is 4.79 Å². The lowest BCUT2D eigenvalue weighted by Crippen LogP contribution is -2.29. The molecule has 0 unspecified atom stereocenters. The van der Waals surface area contributed by atoms with E-state index >= 15 is 0 Å². The Bertz CT molecular complexity index is 951. The number of methoxy groups -OCH3 is 2. The number of benzene rings is 2. The Morgan fingerprint density at radius 1 is 1.11 bits per heavy atom. The van der Waals surface area contributed by atoms with E-state index in [2.05, 4.69) is 6.58 Å². The first-order valence-electron chi connectivity index (χ1n) is 8.31. The summed E-state index contributed by atoms with van der Waals surface area (Å²) in [7, 11) is -0.834. The minimum absolute atomic E-state index is 0.0955. The number of amides is 1. The van der Waals surface area contributed by atoms with Gasteiger partial charge in [-0.15, -0.1) is 0 Å². The SMILES string of the molecule is C=CC(=O)NS(=O)(=O)c1cccc(C)c1CCc1ccc(OC)c(OC)c1. The second kappa shape index (κ2) is 8.73. The van der Waals surface area contributed by atoms with E-state index in [-0.39, 0.29) is 4.90 Å². The Kier molecular flexibility index (Phi) is 6.63. The number of hydrogen-bond acceptors (Lipinski definition) is 5. The molecule has 7 heteroatoms. The largest absolute Gasteiger partial charge is 0.493 e. The zero-order chi connectivity index (χ0) is 20.0. The maximum atomic E-state index is 12.6. The molecule has 6 nitrogen and oxygen atoms in total. The van der Waals surface area contributed by atoms with Gasteiger partial charge in [-0.25, -0.2) is 13.1 Å². The molecule has 0 atom stereocenters. The van der Waals surface area contributed by atoms with Crippen molar-refractivity contribution in [2.75, 3.05) is 14.2 Å². The Hall–Kier alpha value is -2.80. The van der Waals surface area contributed by atoms with Crippen molar-refractivity contribution >= 4 is 15.9 Å². The van der Waals surface area contributed by atoms with Crippen LogP contribution < -0.4 is 14.2 Å². The van der Waals surface area contributed by atoms with E-state index in [0.717, 1.165) is 17.2 Å². The van der Waals surface area contributed by atoms with E-state index in [1.807, 2.05) is 35.9 Å². The minimum Gasteiger partial charge on any atom is -0.493 e. The Labute approximate surface area is 159 Å². The number of rotatable bonds is 8. The summed E-state index contributed by atoms with van der Waals surface area (Å²) in [5.74, 6) is 0.487. The predicted octanol–water partition coefficient (Wildman–Crippen LogP) is 2.79. The third kappa shape index (κ3) is 4.89. The molecule has 0 bridgehead atoms. The zero-order valence-corrected chi connectivity index (χ0v) is 16.4. The molecule has 27 heavy (non-hydrogen) atoms. The summed E-state index contributed by atoms with van der Waals surface area (Å²) in [5.41, 5.74) is 2.48. The van der Waals surface area contributed by atoms with E-state index in [1.54, 1.807) is 20.3 Å². The fraction of sp³-hybridized carbons (Fsp3) is 0.250. The lowest BCUT2D eigenvalue weighted by molar-refractivity contribution is -0.114. The number of ether oxygens (including phenoxy) is 2. The van der Waals surface area contributed by atoms with Crippen LogP contribution in [0.25, 0.3) is 0 Å². The van der Waals surface area contributed by atoms with Crippen LogP contribution in [0, 0.1) is 6.92 Å². The van der Waals surface area contributed by atoms with Gasteiger partial charge in [0.05, 0.1) is 19.1 Å². The molecule has 0 aromatic heterocycles. The van der Waals surface area contributed by atoms with Crippen molar-refractivity contribution in [3.63, 3.8) is 0 Å². The molecule has 0 aliphatic rings. The van der Waals surface area contributed by atoms with Gasteiger partial charge < -0.3 is 9.47 Å². The fourth-order valence-corrected chi connectivity index (χ4v) is 4.09. The zero-order valence-electron chi connectivity index (χ0n) is 15.6. The molecule has 1 N–H and O–H groups in total. The summed E-state index contributed by atoms with van der Waals surface area (Å²) in [5, 5.41) is 0. The summed E-state index contributed by atoms with van der Waals surface area (Å²) < 4.78 is 37.6. The first-order valence-corrected chi connectivity index (χ1v) is 9.79. The van der Waals surface area contributed by atoms with E-state index in [0.29, 0.717) is 29.9 Å². The van der Waals surface area contributed by atoms with Crippen molar-refractivity contribution in [1.82, 2.24) is 4.72 Å². The van der Waals surface area contributed by atoms with Gasteiger partial charge in [0.25, 0.3) is 15.9 Å². The Morgan fingerprint density at radius 3 is 2.44 bits per heavy atom. The normalized spacial score (nSPS) is 10.9. The smallest absolute Gasteiger partial charge is 0.264 e. The average molecular weight is 389 g/mol. The van der Waals surface area contributed by atoms with Crippen LogP contribution in [0.5, 0.6) is 11.5 Å². The number of hydrogen-bond donors (Lipinski definition) is 1. The third-order valence-corrected chi connectivity index (χ3v) is 5.62. The molecular formula is C20H23NO5S. The van der Waals surface area contributed by atoms with Gasteiger partial charge in [-0.05, 0) is 60.7 Å². The standard InChI is InChI=1S/C20H23NO5S/c1-5-20(22)21-27(23,24)19-8-6-7-14(2)16(19)11-9-15-10-12-17(25-3)18(13-15)26-4/h5-8,10,12-13H,1,9,11H2,2-4H3,(H,21,22). The third-order valence-electron chi connectivity index (χ3n) is 4.19. The molecule has 0 spiro atoms. The van der Waals surface area contributed by atoms with Gasteiger partial charge in [0.2, 0.25) is 0 Å². The van der Waals surface area contributed by atoms with Gasteiger partial charge in [0.1, 0.15) is 0 Å². The lowest BCUT2D eigenvalue weighted by atomic mass is 10.0. The topological polar surface area (TPSA) is 81.7 Å². The highest BCUT2D eigenvalue weighted by Gasteiger charge is 2.21. The highest BCUT2D eigenvalue weighted by molar-refractivity contribution is 7.90. The van der Waals surface area contributed by atoms with Gasteiger partial charge in [0, 0.05) is 0 Å². The maximum absolute atomic E-state index is 12.6. The van der Waals surface area contributed by atoms with E-state index in [9.17, 15) is 13.2 Å². The van der Waals surface area contributed by atoms with Crippen LogP contribution in [0.1, 0.15) is 16.7 Å². The van der Waals surface area contributed by atoms with Crippen LogP contribution in [-0.4, -0.2) is 28.5 Å². The van der Waals surface area contributed by atoms with Crippen molar-refractivity contribution in [3.05, 3.63) is 65.7 Å². The van der Waals surface area contributed by atoms with Crippen LogP contribution in [0.4, 0.5) is 0 Å². The summed E-state index contributed by atoms with van der Waals surface area (Å²) >= 11 is 0. The second-order valence-electron chi connectivity index (χ2n) is 5.91. The van der Waals surface area contributed by atoms with Gasteiger partial charge in [0.15, 0.2) is 11.5 Å². The molecule has 0 fully saturated rings. The van der Waals surface area contributed by atoms with Crippen molar-refractivity contribution in [1.29, 1.82) is 0 Å². The molecular weight excluding hydrogens is 366 g/mol. The van der Waals surface area contributed by atoms with Crippen LogP contribution in [0.15, 0.2) is 53.9 Å². The molecule has 0 radical (unpaired) electrons. The van der Waals surface area contributed by atoms with Gasteiger partial charge >= 0.3 is 0 Å². The van der Waals surface area contributed by atoms with Gasteiger partial charge in [-0.1, -0.05) is 24.8 Å². The average Bonchev–Trinajstić information content (AvgIpc) is 2.66. The van der Waals surface area contributed by atoms with Crippen molar-refractivity contribution < 1.29 is 22.7 Å². The van der Waals surface area contributed by atoms with Crippen LogP contribution in [0.2, 0.25) is 0 Å². The minimum atomic E-state index is -3.97. The highest BCUT2D eigenvalue weighted by Crippen LogP contribution is 2.29. The molecule has 0 heterocycles. The number of aryl methyl sites for hydroxylation is 2. The Balaban J connectivity index is 2.32. The van der Waals surface area contributed by atoms with E-state index < -0.39 is 15.9 Å². The molecule has 2 aromatic carbocycles. The molecule has 2 rings (SSSR count). The Morgan fingerprint density at radius 2 is 1.81 bits per heavy atom. The van der Waals surface area contributed by atoms with Crippen molar-refractivity contribution in [3.8, 4) is 11.5 Å². The van der Waals surface area contributed by atoms with Crippen molar-refractivity contribution in [2.45, 2.75) is 24.7 Å². The highest BCUT2D eigenvalue weighted by atomic mass is 32.2. The first-order chi connectivity index (χ1) is 12.8. The van der Waals surface area contributed by atoms with Gasteiger partial charge in [-0.2, -0.15) is 0 Å². The number of carbonyl (C=O) groups excluding carboxylic acids is 1. The predicted molar refractivity (Wildman–Crippen MR) is 104 cm³/mol. The van der Waals surface area contributed by atoms with E-state index in [1.165, 1.54) is 6.07 Å². The summed E-state index contributed by atoms with van der Waals surface area (Å²) in [6.45, 7) is 5.13. The molecule has 144 valence electrons. The molecule has 0 saturated heterocycles. The fourth-order valence-electron chi connectivity index (χ4n) is 2.78. The molecule has 0 aliphatic heterocycles. The summed E-state index contributed by atoms with van der Waals surface area (Å²) in [6.07, 6.45) is 2.01. The summed E-state index contributed by atoms with van der Waals surface area (Å²) in [6, 6.07) is 10.6. The second-order valence-corrected chi connectivity index (χ2v) is 7.57. The number of nitrogens with one attached hydrogen (secondary N) is 1. The molecule has 0 saturated carbocycles. The van der Waals surface area contributed by atoms with Crippen LogP contribution in [0.3, 0.4) is 0 Å². The number of carbonyl (C=O) groups is 1. The van der Waals surface area contributed by atoms with E-state index in [4.69, 9.17) is 9.47 Å². The molecule has 0 aliphatic carbocycles. The quantitative estimate of drug-likeness (QED) is 0.702. The monoisotopic (exact) mass is 389 g/mol. The molecule has 2 aromatic rings. The number of sulfonamides is 1. The van der Waals surface area contributed by atoms with Crippen molar-refractivity contribution in [2.24, 2.45) is 0 Å². The first kappa shape index (κ1) is 20.5. The molecule has 1 amide bonds. The van der Waals surface area contributed by atoms with Crippen LogP contribution >= 0.6 is 0 Å². The maximum Gasteiger partial charge on any atom is 0.264 e.